The van der Waals surface area contributed by atoms with Crippen LogP contribution in [0.4, 0.5) is 10.5 Å². The van der Waals surface area contributed by atoms with Gasteiger partial charge in [-0.05, 0) is 64.9 Å². The van der Waals surface area contributed by atoms with Gasteiger partial charge in [0.05, 0.1) is 0 Å². The second-order valence-electron chi connectivity index (χ2n) is 4.23. The van der Waals surface area contributed by atoms with Crippen LogP contribution in [0.5, 0.6) is 0 Å². The molecule has 104 valence electrons. The fourth-order valence-corrected chi connectivity index (χ4v) is 2.31. The van der Waals surface area contributed by atoms with Crippen molar-refractivity contribution in [3.8, 4) is 0 Å². The first-order valence-corrected chi connectivity index (χ1v) is 7.64. The zero-order valence-electron chi connectivity index (χ0n) is 10.7. The predicted molar refractivity (Wildman–Crippen MR) is 91.3 cm³/mol. The summed E-state index contributed by atoms with van der Waals surface area (Å²) in [5.41, 5.74) is 1.81. The molecular weight excluding hydrogens is 387 g/mol. The highest BCUT2D eigenvalue weighted by Gasteiger charge is 2.02. The van der Waals surface area contributed by atoms with Crippen LogP contribution >= 0.6 is 34.2 Å². The van der Waals surface area contributed by atoms with Crippen LogP contribution < -0.4 is 10.6 Å². The summed E-state index contributed by atoms with van der Waals surface area (Å²) >= 11 is 8.28. The van der Waals surface area contributed by atoms with Gasteiger partial charge in [-0.3, -0.25) is 0 Å². The van der Waals surface area contributed by atoms with E-state index < -0.39 is 0 Å². The van der Waals surface area contributed by atoms with Gasteiger partial charge in [0, 0.05) is 20.8 Å². The third-order valence-electron chi connectivity index (χ3n) is 2.74. The van der Waals surface area contributed by atoms with Crippen LogP contribution in [0.1, 0.15) is 5.56 Å². The lowest BCUT2D eigenvalue weighted by Gasteiger charge is -2.08. The van der Waals surface area contributed by atoms with Crippen molar-refractivity contribution in [2.24, 2.45) is 0 Å². The van der Waals surface area contributed by atoms with E-state index in [1.54, 1.807) is 0 Å². The second-order valence-corrected chi connectivity index (χ2v) is 5.88. The monoisotopic (exact) mass is 400 g/mol. The lowest BCUT2D eigenvalue weighted by Crippen LogP contribution is -2.30. The number of hydrogen-bond acceptors (Lipinski definition) is 1. The highest BCUT2D eigenvalue weighted by molar-refractivity contribution is 14.1. The van der Waals surface area contributed by atoms with E-state index in [4.69, 9.17) is 11.6 Å². The van der Waals surface area contributed by atoms with Crippen LogP contribution in [-0.4, -0.2) is 12.6 Å². The van der Waals surface area contributed by atoms with Gasteiger partial charge in [0.2, 0.25) is 0 Å². The van der Waals surface area contributed by atoms with E-state index >= 15 is 0 Å². The molecule has 0 aliphatic heterocycles. The minimum absolute atomic E-state index is 0.210. The number of nitrogens with one attached hydrogen (secondary N) is 2. The first kappa shape index (κ1) is 15.1. The Balaban J connectivity index is 1.78. The molecule has 20 heavy (non-hydrogen) atoms. The van der Waals surface area contributed by atoms with Crippen LogP contribution in [0.2, 0.25) is 5.02 Å². The number of anilines is 1. The molecule has 0 aliphatic carbocycles. The Kier molecular flexibility index (Phi) is 5.67. The van der Waals surface area contributed by atoms with Crippen LogP contribution in [0.25, 0.3) is 0 Å². The number of halogens is 2. The molecular formula is C15H14ClIN2O. The third-order valence-corrected chi connectivity index (χ3v) is 3.83. The summed E-state index contributed by atoms with van der Waals surface area (Å²) in [5.74, 6) is 0. The predicted octanol–water partition coefficient (Wildman–Crippen LogP) is 4.31. The van der Waals surface area contributed by atoms with E-state index in [9.17, 15) is 4.79 Å². The van der Waals surface area contributed by atoms with Crippen LogP contribution in [-0.2, 0) is 6.42 Å². The summed E-state index contributed by atoms with van der Waals surface area (Å²) in [6, 6.07) is 15.1. The molecule has 0 heterocycles. The van der Waals surface area contributed by atoms with E-state index in [-0.39, 0.29) is 6.03 Å². The van der Waals surface area contributed by atoms with Crippen molar-refractivity contribution in [2.75, 3.05) is 11.9 Å². The summed E-state index contributed by atoms with van der Waals surface area (Å²) < 4.78 is 1.13. The molecule has 5 heteroatoms. The van der Waals surface area contributed by atoms with Crippen LogP contribution in [0.3, 0.4) is 0 Å². The largest absolute Gasteiger partial charge is 0.338 e. The minimum Gasteiger partial charge on any atom is -0.338 e. The van der Waals surface area contributed by atoms with Crippen molar-refractivity contribution in [2.45, 2.75) is 6.42 Å². The van der Waals surface area contributed by atoms with Crippen LogP contribution in [0.15, 0.2) is 48.5 Å². The molecule has 0 bridgehead atoms. The topological polar surface area (TPSA) is 41.1 Å². The average molecular weight is 401 g/mol. The molecule has 0 radical (unpaired) electrons. The molecule has 2 aromatic rings. The van der Waals surface area contributed by atoms with Crippen molar-refractivity contribution in [3.63, 3.8) is 0 Å². The van der Waals surface area contributed by atoms with E-state index in [1.165, 1.54) is 0 Å². The Morgan fingerprint density at radius 1 is 1.10 bits per heavy atom. The smallest absolute Gasteiger partial charge is 0.319 e. The number of carbonyl (C=O) groups excluding carboxylic acids is 1. The molecule has 2 rings (SSSR count). The molecule has 2 aromatic carbocycles. The normalized spacial score (nSPS) is 10.1. The third kappa shape index (κ3) is 4.68. The highest BCUT2D eigenvalue weighted by Crippen LogP contribution is 2.15. The fourth-order valence-electron chi connectivity index (χ4n) is 1.72. The summed E-state index contributed by atoms with van der Waals surface area (Å²) in [7, 11) is 0. The van der Waals surface area contributed by atoms with Gasteiger partial charge in [-0.15, -0.1) is 0 Å². The van der Waals surface area contributed by atoms with E-state index in [1.807, 2.05) is 48.5 Å². The molecule has 2 N–H and O–H groups in total. The molecule has 3 nitrogen and oxygen atoms in total. The minimum atomic E-state index is -0.210. The SMILES string of the molecule is O=C(NCCc1ccccc1Cl)Nc1ccc(I)cc1. The van der Waals surface area contributed by atoms with E-state index in [2.05, 4.69) is 33.2 Å². The van der Waals surface area contributed by atoms with Gasteiger partial charge in [-0.2, -0.15) is 0 Å². The van der Waals surface area contributed by atoms with Gasteiger partial charge in [-0.1, -0.05) is 29.8 Å². The van der Waals surface area contributed by atoms with Crippen molar-refractivity contribution < 1.29 is 4.79 Å². The highest BCUT2D eigenvalue weighted by atomic mass is 127. The second kappa shape index (κ2) is 7.50. The number of amides is 2. The molecule has 0 saturated heterocycles. The Bertz CT molecular complexity index is 587. The van der Waals surface area contributed by atoms with Gasteiger partial charge >= 0.3 is 6.03 Å². The first-order valence-electron chi connectivity index (χ1n) is 6.19. The zero-order chi connectivity index (χ0) is 14.4. The molecule has 0 unspecified atom stereocenters. The maximum atomic E-state index is 11.7. The molecule has 0 aromatic heterocycles. The quantitative estimate of drug-likeness (QED) is 0.738. The fraction of sp³-hybridized carbons (Fsp3) is 0.133. The first-order chi connectivity index (χ1) is 9.65. The molecule has 0 saturated carbocycles. The Hall–Kier alpha value is -1.27. The number of urea groups is 1. The molecule has 0 atom stereocenters. The Morgan fingerprint density at radius 2 is 1.80 bits per heavy atom. The summed E-state index contributed by atoms with van der Waals surface area (Å²) in [6.45, 7) is 0.542. The van der Waals surface area contributed by atoms with Crippen molar-refractivity contribution >= 4 is 45.9 Å². The van der Waals surface area contributed by atoms with Crippen molar-refractivity contribution in [1.29, 1.82) is 0 Å². The van der Waals surface area contributed by atoms with Crippen molar-refractivity contribution in [1.82, 2.24) is 5.32 Å². The zero-order valence-corrected chi connectivity index (χ0v) is 13.6. The Morgan fingerprint density at radius 3 is 2.50 bits per heavy atom. The average Bonchev–Trinajstić information content (AvgIpc) is 2.43. The van der Waals surface area contributed by atoms with Gasteiger partial charge in [0.25, 0.3) is 0 Å². The summed E-state index contributed by atoms with van der Waals surface area (Å²) in [6.07, 6.45) is 0.708. The molecule has 0 spiro atoms. The lowest BCUT2D eigenvalue weighted by molar-refractivity contribution is 0.252. The molecule has 0 fully saturated rings. The van der Waals surface area contributed by atoms with E-state index in [0.717, 1.165) is 19.8 Å². The maximum Gasteiger partial charge on any atom is 0.319 e. The number of benzene rings is 2. The number of rotatable bonds is 4. The summed E-state index contributed by atoms with van der Waals surface area (Å²) in [4.78, 5) is 11.7. The molecule has 2 amide bonds. The van der Waals surface area contributed by atoms with Gasteiger partial charge < -0.3 is 10.6 Å². The van der Waals surface area contributed by atoms with Gasteiger partial charge in [0.15, 0.2) is 0 Å². The summed E-state index contributed by atoms with van der Waals surface area (Å²) in [5, 5.41) is 6.32. The number of carbonyl (C=O) groups is 1. The van der Waals surface area contributed by atoms with Crippen LogP contribution in [0, 0.1) is 3.57 Å². The standard InChI is InChI=1S/C15H14ClIN2O/c16-14-4-2-1-3-11(14)9-10-18-15(20)19-13-7-5-12(17)6-8-13/h1-8H,9-10H2,(H2,18,19,20). The van der Waals surface area contributed by atoms with Crippen molar-refractivity contribution in [3.05, 3.63) is 62.7 Å². The Labute approximate surface area is 136 Å². The lowest BCUT2D eigenvalue weighted by atomic mass is 10.1. The molecule has 0 aliphatic rings. The maximum absolute atomic E-state index is 11.7. The van der Waals surface area contributed by atoms with Gasteiger partial charge in [0.1, 0.15) is 0 Å². The van der Waals surface area contributed by atoms with Gasteiger partial charge in [-0.25, -0.2) is 4.79 Å². The van der Waals surface area contributed by atoms with E-state index in [0.29, 0.717) is 13.0 Å². The number of hydrogen-bond donors (Lipinski definition) is 2.